The summed E-state index contributed by atoms with van der Waals surface area (Å²) in [5, 5.41) is 13.2. The highest BCUT2D eigenvalue weighted by Gasteiger charge is 2.36. The number of hydrogen-bond acceptors (Lipinski definition) is 6. The van der Waals surface area contributed by atoms with Gasteiger partial charge in [0.2, 0.25) is 5.91 Å². The minimum absolute atomic E-state index is 0.0931. The van der Waals surface area contributed by atoms with E-state index in [-0.39, 0.29) is 10.6 Å². The van der Waals surface area contributed by atoms with Gasteiger partial charge in [-0.25, -0.2) is 0 Å². The Labute approximate surface area is 184 Å². The second kappa shape index (κ2) is 8.80. The first-order valence-electron chi connectivity index (χ1n) is 8.72. The quantitative estimate of drug-likeness (QED) is 0.371. The van der Waals surface area contributed by atoms with Crippen LogP contribution < -0.4 is 5.32 Å². The van der Waals surface area contributed by atoms with Crippen molar-refractivity contribution in [3.63, 3.8) is 0 Å². The fraction of sp³-hybridized carbons (Fsp3) is 0.150. The van der Waals surface area contributed by atoms with Crippen molar-refractivity contribution in [2.24, 2.45) is 0 Å². The van der Waals surface area contributed by atoms with Gasteiger partial charge in [0, 0.05) is 11.8 Å². The van der Waals surface area contributed by atoms with Gasteiger partial charge in [-0.15, -0.1) is 0 Å². The molecule has 0 spiro atoms. The van der Waals surface area contributed by atoms with Crippen LogP contribution in [0.25, 0.3) is 6.08 Å². The van der Waals surface area contributed by atoms with E-state index in [2.05, 4.69) is 21.2 Å². The molecule has 154 valence electrons. The average molecular weight is 490 g/mol. The third kappa shape index (κ3) is 4.77. The number of thioether (sulfide) groups is 1. The van der Waals surface area contributed by atoms with Crippen LogP contribution in [0.5, 0.6) is 0 Å². The van der Waals surface area contributed by atoms with Crippen molar-refractivity contribution in [3.05, 3.63) is 72.6 Å². The van der Waals surface area contributed by atoms with Crippen molar-refractivity contribution in [2.45, 2.75) is 13.8 Å². The van der Waals surface area contributed by atoms with E-state index in [1.807, 2.05) is 19.9 Å². The zero-order valence-electron chi connectivity index (χ0n) is 16.0. The van der Waals surface area contributed by atoms with Crippen LogP contribution in [0.1, 0.15) is 16.7 Å². The van der Waals surface area contributed by atoms with Crippen molar-refractivity contribution in [2.75, 3.05) is 11.9 Å². The third-order valence-corrected chi connectivity index (χ3v) is 6.01. The Kier molecular flexibility index (Phi) is 6.37. The maximum absolute atomic E-state index is 12.6. The summed E-state index contributed by atoms with van der Waals surface area (Å²) in [6.45, 7) is 3.45. The number of carbonyl (C=O) groups excluding carboxylic acids is 3. The molecule has 2 aromatic carbocycles. The van der Waals surface area contributed by atoms with Crippen molar-refractivity contribution < 1.29 is 19.3 Å². The number of nitro groups is 1. The molecule has 3 rings (SSSR count). The van der Waals surface area contributed by atoms with Gasteiger partial charge in [0.1, 0.15) is 6.54 Å². The predicted molar refractivity (Wildman–Crippen MR) is 118 cm³/mol. The third-order valence-electron chi connectivity index (χ3n) is 4.43. The van der Waals surface area contributed by atoms with Crippen LogP contribution in [-0.4, -0.2) is 33.4 Å². The molecule has 1 fully saturated rings. The molecule has 3 amide bonds. The maximum Gasteiger partial charge on any atom is 0.294 e. The van der Waals surface area contributed by atoms with E-state index >= 15 is 0 Å². The number of amides is 3. The molecule has 1 saturated heterocycles. The van der Waals surface area contributed by atoms with Gasteiger partial charge in [0.25, 0.3) is 16.8 Å². The Bertz CT molecular complexity index is 1120. The molecule has 0 aliphatic carbocycles. The second-order valence-corrected chi connectivity index (χ2v) is 8.43. The van der Waals surface area contributed by atoms with E-state index in [0.29, 0.717) is 27.5 Å². The first kappa shape index (κ1) is 21.7. The van der Waals surface area contributed by atoms with Crippen LogP contribution in [0.15, 0.2) is 45.8 Å². The van der Waals surface area contributed by atoms with Crippen LogP contribution in [0.3, 0.4) is 0 Å². The topological polar surface area (TPSA) is 110 Å². The van der Waals surface area contributed by atoms with Crippen LogP contribution in [0, 0.1) is 24.0 Å². The lowest BCUT2D eigenvalue weighted by molar-refractivity contribution is -0.385. The van der Waals surface area contributed by atoms with Crippen LogP contribution >= 0.6 is 27.7 Å². The summed E-state index contributed by atoms with van der Waals surface area (Å²) in [6, 6.07) is 9.79. The molecule has 1 heterocycles. The van der Waals surface area contributed by atoms with Crippen LogP contribution in [-0.2, 0) is 9.59 Å². The molecule has 0 atom stereocenters. The number of nitro benzene ring substituents is 1. The maximum atomic E-state index is 12.6. The number of aryl methyl sites for hydroxylation is 2. The van der Waals surface area contributed by atoms with E-state index in [9.17, 15) is 24.5 Å². The second-order valence-electron chi connectivity index (χ2n) is 6.58. The molecule has 1 aliphatic rings. The average Bonchev–Trinajstić information content (AvgIpc) is 2.93. The molecule has 8 nitrogen and oxygen atoms in total. The molecule has 2 aromatic rings. The number of hydrogen-bond donors (Lipinski definition) is 1. The normalized spacial score (nSPS) is 15.0. The summed E-state index contributed by atoms with van der Waals surface area (Å²) in [5.41, 5.74) is 2.90. The van der Waals surface area contributed by atoms with Gasteiger partial charge in [-0.1, -0.05) is 12.1 Å². The van der Waals surface area contributed by atoms with Crippen LogP contribution in [0.4, 0.5) is 16.2 Å². The van der Waals surface area contributed by atoms with Gasteiger partial charge in [-0.05, 0) is 82.5 Å². The molecule has 30 heavy (non-hydrogen) atoms. The Hall–Kier alpha value is -2.98. The Morgan fingerprint density at radius 1 is 1.20 bits per heavy atom. The molecular formula is C20H16BrN3O5S. The number of benzene rings is 2. The Morgan fingerprint density at radius 3 is 2.60 bits per heavy atom. The molecular weight excluding hydrogens is 474 g/mol. The van der Waals surface area contributed by atoms with Gasteiger partial charge in [0.05, 0.1) is 14.3 Å². The fourth-order valence-corrected chi connectivity index (χ4v) is 3.94. The molecule has 0 saturated carbocycles. The standard InChI is InChI=1S/C20H16BrN3O5S/c1-11-3-5-14(7-12(11)2)22-18(25)10-23-19(26)17(30-20(23)27)9-13-4-6-15(21)16(8-13)24(28)29/h3-9H,10H2,1-2H3,(H,22,25)/b17-9-. The minimum atomic E-state index is -0.620. The molecule has 1 N–H and O–H groups in total. The Balaban J connectivity index is 1.73. The number of nitrogens with one attached hydrogen (secondary N) is 1. The number of halogens is 1. The highest BCUT2D eigenvalue weighted by atomic mass is 79.9. The first-order chi connectivity index (χ1) is 14.2. The summed E-state index contributed by atoms with van der Waals surface area (Å²) in [5.74, 6) is -1.12. The van der Waals surface area contributed by atoms with E-state index in [1.54, 1.807) is 18.2 Å². The van der Waals surface area contributed by atoms with Crippen molar-refractivity contribution >= 4 is 62.2 Å². The van der Waals surface area contributed by atoms with E-state index < -0.39 is 28.5 Å². The van der Waals surface area contributed by atoms with Crippen molar-refractivity contribution in [1.82, 2.24) is 4.90 Å². The monoisotopic (exact) mass is 489 g/mol. The zero-order valence-corrected chi connectivity index (χ0v) is 18.4. The number of carbonyl (C=O) groups is 3. The van der Waals surface area contributed by atoms with Crippen molar-refractivity contribution in [3.8, 4) is 0 Å². The smallest absolute Gasteiger partial charge is 0.294 e. The zero-order chi connectivity index (χ0) is 22.0. The minimum Gasteiger partial charge on any atom is -0.325 e. The van der Waals surface area contributed by atoms with Gasteiger partial charge in [0.15, 0.2) is 0 Å². The summed E-state index contributed by atoms with van der Waals surface area (Å²) in [6.07, 6.45) is 1.39. The summed E-state index contributed by atoms with van der Waals surface area (Å²) >= 11 is 3.78. The molecule has 0 aromatic heterocycles. The van der Waals surface area contributed by atoms with Gasteiger partial charge in [-0.2, -0.15) is 0 Å². The lowest BCUT2D eigenvalue weighted by Crippen LogP contribution is -2.36. The number of nitrogens with zero attached hydrogens (tertiary/aromatic N) is 2. The van der Waals surface area contributed by atoms with Crippen molar-refractivity contribution in [1.29, 1.82) is 0 Å². The number of anilines is 1. The summed E-state index contributed by atoms with van der Waals surface area (Å²) in [4.78, 5) is 48.6. The van der Waals surface area contributed by atoms with Gasteiger partial charge in [-0.3, -0.25) is 29.4 Å². The lowest BCUT2D eigenvalue weighted by atomic mass is 10.1. The lowest BCUT2D eigenvalue weighted by Gasteiger charge is -2.13. The molecule has 1 aliphatic heterocycles. The largest absolute Gasteiger partial charge is 0.325 e. The van der Waals surface area contributed by atoms with E-state index in [1.165, 1.54) is 18.2 Å². The molecule has 0 unspecified atom stereocenters. The summed E-state index contributed by atoms with van der Waals surface area (Å²) in [7, 11) is 0. The number of rotatable bonds is 5. The predicted octanol–water partition coefficient (Wildman–Crippen LogP) is 4.65. The molecule has 0 radical (unpaired) electrons. The van der Waals surface area contributed by atoms with Crippen LogP contribution in [0.2, 0.25) is 0 Å². The highest BCUT2D eigenvalue weighted by molar-refractivity contribution is 9.10. The number of imide groups is 1. The Morgan fingerprint density at radius 2 is 1.93 bits per heavy atom. The fourth-order valence-electron chi connectivity index (χ4n) is 2.71. The highest BCUT2D eigenvalue weighted by Crippen LogP contribution is 2.33. The summed E-state index contributed by atoms with van der Waals surface area (Å²) < 4.78 is 0.306. The molecule has 10 heteroatoms. The molecule has 0 bridgehead atoms. The van der Waals surface area contributed by atoms with E-state index in [4.69, 9.17) is 0 Å². The SMILES string of the molecule is Cc1ccc(NC(=O)CN2C(=O)S/C(=C\c3ccc(Br)c([N+](=O)[O-])c3)C2=O)cc1C. The van der Waals surface area contributed by atoms with Gasteiger partial charge >= 0.3 is 0 Å². The first-order valence-corrected chi connectivity index (χ1v) is 10.3. The van der Waals surface area contributed by atoms with E-state index in [0.717, 1.165) is 16.0 Å². The van der Waals surface area contributed by atoms with Gasteiger partial charge < -0.3 is 5.32 Å².